The van der Waals surface area contributed by atoms with Crippen molar-refractivity contribution in [1.82, 2.24) is 9.80 Å². The first-order valence-corrected chi connectivity index (χ1v) is 11.1. The number of Topliss-reactive ketones (excluding diaryl/α,β-unsaturated/α-hetero) is 1. The summed E-state index contributed by atoms with van der Waals surface area (Å²) in [5, 5.41) is 0.434. The van der Waals surface area contributed by atoms with Crippen LogP contribution >= 0.6 is 11.6 Å². The zero-order chi connectivity index (χ0) is 19.6. The summed E-state index contributed by atoms with van der Waals surface area (Å²) in [5.74, 6) is 0.479. The van der Waals surface area contributed by atoms with Crippen LogP contribution in [0.5, 0.6) is 5.75 Å². The fraction of sp³-hybridized carbons (Fsp3) is 0.556. The van der Waals surface area contributed by atoms with Crippen LogP contribution in [-0.2, 0) is 14.6 Å². The Bertz CT molecular complexity index is 834. The lowest BCUT2D eigenvalue weighted by atomic mass is 10.1. The number of carbonyl (C=O) groups excluding carboxylic acids is 2. The van der Waals surface area contributed by atoms with Crippen molar-refractivity contribution in [3.05, 3.63) is 28.8 Å². The van der Waals surface area contributed by atoms with E-state index in [4.69, 9.17) is 16.3 Å². The van der Waals surface area contributed by atoms with Gasteiger partial charge in [0.1, 0.15) is 5.75 Å². The summed E-state index contributed by atoms with van der Waals surface area (Å²) in [6.45, 7) is 3.66. The maximum atomic E-state index is 12.4. The quantitative estimate of drug-likeness (QED) is 0.674. The molecule has 0 unspecified atom stereocenters. The van der Waals surface area contributed by atoms with Crippen LogP contribution in [0.2, 0.25) is 5.02 Å². The molecule has 0 N–H and O–H groups in total. The van der Waals surface area contributed by atoms with Gasteiger partial charge in [-0.3, -0.25) is 14.5 Å². The Kier molecular flexibility index (Phi) is 6.08. The standard InChI is InChI=1S/C18H23ClN2O5S/c1-13(22)16-10-14(19)2-3-17(16)26-11-18(23)21-7-5-20(6-8-21)15-4-9-27(24,25)12-15/h2-3,10,15H,4-9,11-12H2,1H3/t15-/m1/s1. The number of rotatable bonds is 5. The molecule has 0 bridgehead atoms. The molecule has 7 nitrogen and oxygen atoms in total. The maximum Gasteiger partial charge on any atom is 0.260 e. The van der Waals surface area contributed by atoms with Gasteiger partial charge in [-0.15, -0.1) is 0 Å². The van der Waals surface area contributed by atoms with Crippen LogP contribution in [-0.4, -0.2) is 80.2 Å². The highest BCUT2D eigenvalue weighted by Gasteiger charge is 2.34. The molecule has 1 atom stereocenters. The average molecular weight is 415 g/mol. The van der Waals surface area contributed by atoms with Gasteiger partial charge in [-0.1, -0.05) is 11.6 Å². The Morgan fingerprint density at radius 2 is 1.93 bits per heavy atom. The van der Waals surface area contributed by atoms with Crippen molar-refractivity contribution in [3.8, 4) is 5.75 Å². The minimum absolute atomic E-state index is 0.0655. The largest absolute Gasteiger partial charge is 0.483 e. The normalized spacial score (nSPS) is 22.6. The lowest BCUT2D eigenvalue weighted by Crippen LogP contribution is -2.53. The van der Waals surface area contributed by atoms with Crippen molar-refractivity contribution in [2.45, 2.75) is 19.4 Å². The van der Waals surface area contributed by atoms with Gasteiger partial charge >= 0.3 is 0 Å². The number of ether oxygens (including phenoxy) is 1. The molecule has 3 rings (SSSR count). The van der Waals surface area contributed by atoms with Crippen LogP contribution in [0.4, 0.5) is 0 Å². The summed E-state index contributed by atoms with van der Waals surface area (Å²) in [6, 6.07) is 4.79. The van der Waals surface area contributed by atoms with E-state index in [1.165, 1.54) is 13.0 Å². The van der Waals surface area contributed by atoms with E-state index in [0.29, 0.717) is 48.9 Å². The molecule has 2 fully saturated rings. The number of ketones is 1. The zero-order valence-electron chi connectivity index (χ0n) is 15.2. The van der Waals surface area contributed by atoms with Crippen LogP contribution in [0, 0.1) is 0 Å². The van der Waals surface area contributed by atoms with Crippen LogP contribution in [0.25, 0.3) is 0 Å². The van der Waals surface area contributed by atoms with E-state index in [9.17, 15) is 18.0 Å². The van der Waals surface area contributed by atoms with E-state index < -0.39 is 9.84 Å². The van der Waals surface area contributed by atoms with Gasteiger partial charge in [-0.05, 0) is 31.5 Å². The number of halogens is 1. The van der Waals surface area contributed by atoms with Crippen molar-refractivity contribution in [3.63, 3.8) is 0 Å². The first kappa shape index (κ1) is 20.1. The number of nitrogens with zero attached hydrogens (tertiary/aromatic N) is 2. The van der Waals surface area contributed by atoms with Gasteiger partial charge in [-0.25, -0.2) is 8.42 Å². The Morgan fingerprint density at radius 3 is 2.52 bits per heavy atom. The number of piperazine rings is 1. The Labute approximate surface area is 164 Å². The van der Waals surface area contributed by atoms with Gasteiger partial charge in [0.15, 0.2) is 22.2 Å². The van der Waals surface area contributed by atoms with Gasteiger partial charge in [0, 0.05) is 37.2 Å². The molecule has 0 radical (unpaired) electrons. The summed E-state index contributed by atoms with van der Waals surface area (Å²) in [6.07, 6.45) is 0.670. The molecule has 2 aliphatic heterocycles. The van der Waals surface area contributed by atoms with Gasteiger partial charge < -0.3 is 9.64 Å². The lowest BCUT2D eigenvalue weighted by molar-refractivity contribution is -0.135. The highest BCUT2D eigenvalue weighted by Crippen LogP contribution is 2.24. The maximum absolute atomic E-state index is 12.4. The van der Waals surface area contributed by atoms with Crippen LogP contribution in [0.1, 0.15) is 23.7 Å². The molecule has 0 saturated carbocycles. The highest BCUT2D eigenvalue weighted by molar-refractivity contribution is 7.91. The predicted octanol–water partition coefficient (Wildman–Crippen LogP) is 1.25. The second-order valence-corrected chi connectivity index (χ2v) is 9.62. The van der Waals surface area contributed by atoms with Crippen molar-refractivity contribution in [2.75, 3.05) is 44.3 Å². The number of sulfone groups is 1. The molecule has 148 valence electrons. The van der Waals surface area contributed by atoms with Crippen LogP contribution in [0.15, 0.2) is 18.2 Å². The number of hydrogen-bond acceptors (Lipinski definition) is 6. The average Bonchev–Trinajstić information content (AvgIpc) is 3.00. The molecule has 1 amide bonds. The van der Waals surface area contributed by atoms with Crippen molar-refractivity contribution < 1.29 is 22.7 Å². The third kappa shape index (κ3) is 5.00. The third-order valence-corrected chi connectivity index (χ3v) is 7.05. The minimum Gasteiger partial charge on any atom is -0.483 e. The smallest absolute Gasteiger partial charge is 0.260 e. The summed E-state index contributed by atoms with van der Waals surface area (Å²) in [5.41, 5.74) is 0.350. The SMILES string of the molecule is CC(=O)c1cc(Cl)ccc1OCC(=O)N1CCN([C@@H]2CCS(=O)(=O)C2)CC1. The Balaban J connectivity index is 1.51. The molecule has 2 aliphatic rings. The highest BCUT2D eigenvalue weighted by atomic mass is 35.5. The fourth-order valence-electron chi connectivity index (χ4n) is 3.53. The predicted molar refractivity (Wildman–Crippen MR) is 102 cm³/mol. The molecule has 1 aromatic rings. The van der Waals surface area contributed by atoms with Gasteiger partial charge in [0.05, 0.1) is 17.1 Å². The molecule has 27 heavy (non-hydrogen) atoms. The van der Waals surface area contributed by atoms with E-state index in [1.807, 2.05) is 0 Å². The molecule has 0 aliphatic carbocycles. The Morgan fingerprint density at radius 1 is 1.22 bits per heavy atom. The van der Waals surface area contributed by atoms with E-state index in [1.54, 1.807) is 17.0 Å². The molecule has 0 spiro atoms. The molecular formula is C18H23ClN2O5S. The van der Waals surface area contributed by atoms with E-state index in [2.05, 4.69) is 4.90 Å². The van der Waals surface area contributed by atoms with Gasteiger partial charge in [0.25, 0.3) is 5.91 Å². The fourth-order valence-corrected chi connectivity index (χ4v) is 5.47. The van der Waals surface area contributed by atoms with Crippen molar-refractivity contribution in [1.29, 1.82) is 0 Å². The summed E-state index contributed by atoms with van der Waals surface area (Å²) >= 11 is 5.91. The Hall–Kier alpha value is -1.64. The van der Waals surface area contributed by atoms with Crippen molar-refractivity contribution in [2.24, 2.45) is 0 Å². The minimum atomic E-state index is -2.91. The topological polar surface area (TPSA) is 84.0 Å². The second-order valence-electron chi connectivity index (χ2n) is 6.96. The number of amides is 1. The van der Waals surface area contributed by atoms with E-state index in [-0.39, 0.29) is 35.8 Å². The molecular weight excluding hydrogens is 392 g/mol. The first-order chi connectivity index (χ1) is 12.7. The monoisotopic (exact) mass is 414 g/mol. The zero-order valence-corrected chi connectivity index (χ0v) is 16.8. The van der Waals surface area contributed by atoms with Gasteiger partial charge in [0.2, 0.25) is 0 Å². The van der Waals surface area contributed by atoms with Gasteiger partial charge in [-0.2, -0.15) is 0 Å². The molecule has 2 heterocycles. The van der Waals surface area contributed by atoms with Crippen LogP contribution < -0.4 is 4.74 Å². The number of carbonyl (C=O) groups is 2. The molecule has 2 saturated heterocycles. The van der Waals surface area contributed by atoms with Crippen molar-refractivity contribution >= 4 is 33.1 Å². The van der Waals surface area contributed by atoms with E-state index >= 15 is 0 Å². The lowest BCUT2D eigenvalue weighted by Gasteiger charge is -2.37. The summed E-state index contributed by atoms with van der Waals surface area (Å²) in [4.78, 5) is 28.0. The number of hydrogen-bond donors (Lipinski definition) is 0. The third-order valence-electron chi connectivity index (χ3n) is 5.06. The molecule has 0 aromatic heterocycles. The van der Waals surface area contributed by atoms with E-state index in [0.717, 1.165) is 0 Å². The second kappa shape index (κ2) is 8.16. The molecule has 1 aromatic carbocycles. The summed E-state index contributed by atoms with van der Waals surface area (Å²) < 4.78 is 28.8. The first-order valence-electron chi connectivity index (χ1n) is 8.91. The van der Waals surface area contributed by atoms with Crippen LogP contribution in [0.3, 0.4) is 0 Å². The summed E-state index contributed by atoms with van der Waals surface area (Å²) in [7, 11) is -2.91. The molecule has 9 heteroatoms. The number of benzene rings is 1.